The third-order valence-electron chi connectivity index (χ3n) is 5.79. The third kappa shape index (κ3) is 2.81. The molecule has 1 atom stereocenters. The van der Waals surface area contributed by atoms with Gasteiger partial charge in [-0.15, -0.1) is 0 Å². The van der Waals surface area contributed by atoms with Crippen LogP contribution in [0.3, 0.4) is 0 Å². The predicted octanol–water partition coefficient (Wildman–Crippen LogP) is 3.16. The fourth-order valence-corrected chi connectivity index (χ4v) is 4.08. The molecule has 1 aliphatic carbocycles. The number of amides is 1. The minimum atomic E-state index is -0.336. The summed E-state index contributed by atoms with van der Waals surface area (Å²) >= 11 is 0. The van der Waals surface area contributed by atoms with Crippen LogP contribution < -0.4 is 4.74 Å². The quantitative estimate of drug-likeness (QED) is 0.931. The number of methoxy groups -OCH3 is 1. The third-order valence-corrected chi connectivity index (χ3v) is 5.79. The number of carbonyl (C=O) groups is 1. The summed E-state index contributed by atoms with van der Waals surface area (Å²) in [5.74, 6) is 1.51. The molecule has 0 radical (unpaired) electrons. The Morgan fingerprint density at radius 1 is 1.36 bits per heavy atom. The summed E-state index contributed by atoms with van der Waals surface area (Å²) in [7, 11) is 1.69. The van der Waals surface area contributed by atoms with Crippen molar-refractivity contribution in [2.75, 3.05) is 20.2 Å². The molecular weight excluding hydrogens is 314 g/mol. The van der Waals surface area contributed by atoms with Crippen LogP contribution in [0.15, 0.2) is 30.5 Å². The zero-order chi connectivity index (χ0) is 17.4. The summed E-state index contributed by atoms with van der Waals surface area (Å²) in [5.41, 5.74) is 3.01. The molecule has 1 aliphatic heterocycles. The number of H-pyrrole nitrogens is 1. The molecular formula is C20H25N3O2. The van der Waals surface area contributed by atoms with Gasteiger partial charge in [-0.3, -0.25) is 9.89 Å². The second-order valence-corrected chi connectivity index (χ2v) is 7.37. The number of nitrogens with zero attached hydrogens (tertiary/aromatic N) is 2. The van der Waals surface area contributed by atoms with Gasteiger partial charge in [0, 0.05) is 30.9 Å². The highest BCUT2D eigenvalue weighted by Gasteiger charge is 2.53. The maximum Gasteiger partial charge on any atom is 0.233 e. The number of rotatable bonds is 4. The Bertz CT molecular complexity index is 765. The van der Waals surface area contributed by atoms with Crippen molar-refractivity contribution in [3.05, 3.63) is 47.3 Å². The lowest BCUT2D eigenvalue weighted by Crippen LogP contribution is -2.44. The van der Waals surface area contributed by atoms with Crippen LogP contribution in [0.5, 0.6) is 5.75 Å². The van der Waals surface area contributed by atoms with Gasteiger partial charge in [0.25, 0.3) is 0 Å². The van der Waals surface area contributed by atoms with Crippen LogP contribution >= 0.6 is 0 Å². The molecule has 2 aliphatic rings. The van der Waals surface area contributed by atoms with Gasteiger partial charge in [0.1, 0.15) is 5.75 Å². The van der Waals surface area contributed by atoms with Gasteiger partial charge in [-0.2, -0.15) is 5.10 Å². The van der Waals surface area contributed by atoms with E-state index in [0.29, 0.717) is 5.92 Å². The number of hydrogen-bond acceptors (Lipinski definition) is 3. The number of benzene rings is 1. The second kappa shape index (κ2) is 6.21. The Balaban J connectivity index is 1.55. The molecule has 1 saturated heterocycles. The van der Waals surface area contributed by atoms with E-state index in [2.05, 4.69) is 33.3 Å². The molecule has 2 fully saturated rings. The van der Waals surface area contributed by atoms with Crippen molar-refractivity contribution in [2.45, 2.75) is 43.9 Å². The van der Waals surface area contributed by atoms with Crippen molar-refractivity contribution in [3.8, 4) is 5.75 Å². The van der Waals surface area contributed by atoms with Crippen LogP contribution in [-0.4, -0.2) is 41.2 Å². The van der Waals surface area contributed by atoms with Crippen LogP contribution in [0.4, 0.5) is 0 Å². The summed E-state index contributed by atoms with van der Waals surface area (Å²) in [6.45, 7) is 3.67. The van der Waals surface area contributed by atoms with Crippen molar-refractivity contribution in [1.29, 1.82) is 0 Å². The summed E-state index contributed by atoms with van der Waals surface area (Å²) in [6, 6.07) is 8.23. The lowest BCUT2D eigenvalue weighted by molar-refractivity contribution is -0.135. The van der Waals surface area contributed by atoms with Gasteiger partial charge < -0.3 is 9.64 Å². The number of likely N-dealkylation sites (tertiary alicyclic amines) is 1. The molecule has 0 unspecified atom stereocenters. The molecule has 2 heterocycles. The van der Waals surface area contributed by atoms with Gasteiger partial charge in [0.05, 0.1) is 12.5 Å². The monoisotopic (exact) mass is 339 g/mol. The smallest absolute Gasteiger partial charge is 0.233 e. The lowest BCUT2D eigenvalue weighted by Gasteiger charge is -2.35. The normalized spacial score (nSPS) is 21.8. The van der Waals surface area contributed by atoms with E-state index in [-0.39, 0.29) is 11.3 Å². The average Bonchev–Trinajstić information content (AvgIpc) is 3.27. The first-order valence-corrected chi connectivity index (χ1v) is 9.08. The van der Waals surface area contributed by atoms with E-state index in [0.717, 1.165) is 61.3 Å². The fraction of sp³-hybridized carbons (Fsp3) is 0.500. The van der Waals surface area contributed by atoms with E-state index >= 15 is 0 Å². The molecule has 1 aromatic carbocycles. The van der Waals surface area contributed by atoms with Crippen molar-refractivity contribution >= 4 is 5.91 Å². The number of aryl methyl sites for hydroxylation is 1. The van der Waals surface area contributed by atoms with Crippen molar-refractivity contribution < 1.29 is 9.53 Å². The molecule has 1 amide bonds. The SMILES string of the molecule is COc1cc(C2(C(=O)N3CCC[C@H](c4ccn[nH]4)C3)CC2)ccc1C. The molecule has 5 heteroatoms. The first-order valence-electron chi connectivity index (χ1n) is 9.08. The molecule has 1 saturated carbocycles. The molecule has 0 spiro atoms. The molecule has 25 heavy (non-hydrogen) atoms. The summed E-state index contributed by atoms with van der Waals surface area (Å²) < 4.78 is 5.46. The van der Waals surface area contributed by atoms with Crippen molar-refractivity contribution in [3.63, 3.8) is 0 Å². The molecule has 132 valence electrons. The first kappa shape index (κ1) is 16.2. The molecule has 2 aromatic rings. The van der Waals surface area contributed by atoms with E-state index in [9.17, 15) is 4.79 Å². The Kier molecular flexibility index (Phi) is 4.02. The van der Waals surface area contributed by atoms with Crippen LogP contribution in [0.2, 0.25) is 0 Å². The predicted molar refractivity (Wildman–Crippen MR) is 95.8 cm³/mol. The van der Waals surface area contributed by atoms with Gasteiger partial charge in [-0.05, 0) is 55.9 Å². The van der Waals surface area contributed by atoms with E-state index in [1.54, 1.807) is 13.3 Å². The number of ether oxygens (including phenoxy) is 1. The Morgan fingerprint density at radius 3 is 2.88 bits per heavy atom. The largest absolute Gasteiger partial charge is 0.496 e. The first-order chi connectivity index (χ1) is 12.1. The van der Waals surface area contributed by atoms with E-state index in [4.69, 9.17) is 4.74 Å². The molecule has 4 rings (SSSR count). The number of aromatic amines is 1. The van der Waals surface area contributed by atoms with Crippen molar-refractivity contribution in [1.82, 2.24) is 15.1 Å². The van der Waals surface area contributed by atoms with Crippen LogP contribution in [0.1, 0.15) is 48.4 Å². The zero-order valence-electron chi connectivity index (χ0n) is 14.9. The number of carbonyl (C=O) groups excluding carboxylic acids is 1. The molecule has 1 aromatic heterocycles. The Labute approximate surface area is 148 Å². The standard InChI is InChI=1S/C20H25N3O2/c1-14-5-6-16(12-18(14)25-2)20(8-9-20)19(24)23-11-3-4-15(13-23)17-7-10-21-22-17/h5-7,10,12,15H,3-4,8-9,11,13H2,1-2H3,(H,21,22)/t15-/m0/s1. The van der Waals surface area contributed by atoms with E-state index in [1.807, 2.05) is 13.0 Å². The zero-order valence-corrected chi connectivity index (χ0v) is 14.9. The van der Waals surface area contributed by atoms with Gasteiger partial charge >= 0.3 is 0 Å². The number of aromatic nitrogens is 2. The highest BCUT2D eigenvalue weighted by atomic mass is 16.5. The Morgan fingerprint density at radius 2 is 2.20 bits per heavy atom. The second-order valence-electron chi connectivity index (χ2n) is 7.37. The molecule has 1 N–H and O–H groups in total. The summed E-state index contributed by atoms with van der Waals surface area (Å²) in [6.07, 6.45) is 5.81. The van der Waals surface area contributed by atoms with Crippen LogP contribution in [0, 0.1) is 6.92 Å². The average molecular weight is 339 g/mol. The number of piperidine rings is 1. The summed E-state index contributed by atoms with van der Waals surface area (Å²) in [5, 5.41) is 7.13. The minimum absolute atomic E-state index is 0.280. The molecule has 5 nitrogen and oxygen atoms in total. The van der Waals surface area contributed by atoms with Crippen molar-refractivity contribution in [2.24, 2.45) is 0 Å². The number of nitrogens with one attached hydrogen (secondary N) is 1. The van der Waals surface area contributed by atoms with E-state index in [1.165, 1.54) is 0 Å². The highest BCUT2D eigenvalue weighted by Crippen LogP contribution is 2.51. The van der Waals surface area contributed by atoms with Gasteiger partial charge in [0.15, 0.2) is 0 Å². The fourth-order valence-electron chi connectivity index (χ4n) is 4.08. The van der Waals surface area contributed by atoms with Crippen LogP contribution in [-0.2, 0) is 10.2 Å². The Hall–Kier alpha value is -2.30. The van der Waals surface area contributed by atoms with Gasteiger partial charge in [-0.1, -0.05) is 12.1 Å². The minimum Gasteiger partial charge on any atom is -0.496 e. The van der Waals surface area contributed by atoms with Gasteiger partial charge in [-0.25, -0.2) is 0 Å². The maximum atomic E-state index is 13.3. The van der Waals surface area contributed by atoms with Gasteiger partial charge in [0.2, 0.25) is 5.91 Å². The topological polar surface area (TPSA) is 58.2 Å². The number of hydrogen-bond donors (Lipinski definition) is 1. The lowest BCUT2D eigenvalue weighted by atomic mass is 9.90. The molecule has 0 bridgehead atoms. The van der Waals surface area contributed by atoms with E-state index < -0.39 is 0 Å². The maximum absolute atomic E-state index is 13.3. The summed E-state index contributed by atoms with van der Waals surface area (Å²) in [4.78, 5) is 15.4. The highest BCUT2D eigenvalue weighted by molar-refractivity contribution is 5.91. The van der Waals surface area contributed by atoms with Crippen LogP contribution in [0.25, 0.3) is 0 Å².